The summed E-state index contributed by atoms with van der Waals surface area (Å²) in [6.45, 7) is 18.3. The SMILES string of the molecule is Cc1ncsc1-c1ccc(C(CC(=O)N2CCC(N3CCC(C#Cc4ccc(C(=O)NC5C(C)(C)C(Oc6ccc(C#N)c(Cl)c6)C5(C)C)cc4)CC3)CC2)NC(=O)C2CC(O)CN2C(=O)C(NC(=O)C2(F)CC2)C(C)(C)C)cc1. The van der Waals surface area contributed by atoms with Gasteiger partial charge >= 0.3 is 0 Å². The molecule has 4 N–H and O–H groups in total. The number of aryl methyl sites for hydroxylation is 1. The van der Waals surface area contributed by atoms with Crippen LogP contribution in [0.3, 0.4) is 0 Å². The van der Waals surface area contributed by atoms with Gasteiger partial charge in [-0.2, -0.15) is 5.26 Å². The molecular formula is C62H74ClFN8O7S. The van der Waals surface area contributed by atoms with E-state index in [4.69, 9.17) is 16.3 Å². The highest BCUT2D eigenvalue weighted by molar-refractivity contribution is 7.13. The number of piperidine rings is 2. The van der Waals surface area contributed by atoms with Gasteiger partial charge in [-0.15, -0.1) is 11.3 Å². The van der Waals surface area contributed by atoms with E-state index >= 15 is 0 Å². The molecule has 4 atom stereocenters. The Bertz CT molecular complexity index is 3070. The van der Waals surface area contributed by atoms with Crippen molar-refractivity contribution in [3.63, 3.8) is 0 Å². The van der Waals surface area contributed by atoms with Crippen LogP contribution in [0.2, 0.25) is 5.02 Å². The van der Waals surface area contributed by atoms with E-state index < -0.39 is 53.0 Å². The van der Waals surface area contributed by atoms with Crippen molar-refractivity contribution in [1.82, 2.24) is 35.6 Å². The van der Waals surface area contributed by atoms with E-state index in [0.29, 0.717) is 46.6 Å². The maximum atomic E-state index is 14.8. The summed E-state index contributed by atoms with van der Waals surface area (Å²) in [5.41, 5.74) is 2.52. The number of ether oxygens (including phenoxy) is 1. The van der Waals surface area contributed by atoms with Gasteiger partial charge in [0, 0.05) is 72.1 Å². The van der Waals surface area contributed by atoms with Crippen molar-refractivity contribution in [2.75, 3.05) is 32.7 Å². The molecule has 3 saturated heterocycles. The number of rotatable bonds is 14. The number of benzene rings is 3. The molecule has 0 spiro atoms. The Labute approximate surface area is 478 Å². The molecule has 18 heteroatoms. The number of carbonyl (C=O) groups is 5. The number of nitrogens with zero attached hydrogens (tertiary/aromatic N) is 5. The lowest BCUT2D eigenvalue weighted by Gasteiger charge is -2.63. The number of aliphatic hydroxyl groups excluding tert-OH is 1. The van der Waals surface area contributed by atoms with E-state index in [0.717, 1.165) is 60.5 Å². The van der Waals surface area contributed by atoms with Crippen LogP contribution in [-0.4, -0.2) is 129 Å². The Hall–Kier alpha value is -6.37. The van der Waals surface area contributed by atoms with E-state index in [9.17, 15) is 38.7 Å². The maximum absolute atomic E-state index is 14.8. The number of nitriles is 1. The van der Waals surface area contributed by atoms with Crippen LogP contribution in [0.15, 0.2) is 72.2 Å². The minimum Gasteiger partial charge on any atom is -0.489 e. The lowest BCUT2D eigenvalue weighted by molar-refractivity contribution is -0.164. The molecule has 9 rings (SSSR count). The Morgan fingerprint density at radius 3 is 2.17 bits per heavy atom. The predicted octanol–water partition coefficient (Wildman–Crippen LogP) is 8.55. The van der Waals surface area contributed by atoms with Gasteiger partial charge in [-0.3, -0.25) is 24.0 Å². The number of likely N-dealkylation sites (tertiary alicyclic amines) is 3. The molecule has 2 aliphatic carbocycles. The topological polar surface area (TPSA) is 197 Å². The largest absolute Gasteiger partial charge is 0.489 e. The van der Waals surface area contributed by atoms with Crippen LogP contribution in [-0.2, 0) is 19.2 Å². The van der Waals surface area contributed by atoms with Gasteiger partial charge in [0.2, 0.25) is 17.7 Å². The molecule has 424 valence electrons. The minimum absolute atomic E-state index is 0.0231. The number of hydrogen-bond acceptors (Lipinski definition) is 11. The molecule has 2 saturated carbocycles. The highest BCUT2D eigenvalue weighted by atomic mass is 35.5. The third kappa shape index (κ3) is 12.6. The van der Waals surface area contributed by atoms with Gasteiger partial charge in [0.25, 0.3) is 11.8 Å². The zero-order chi connectivity index (χ0) is 57.5. The Morgan fingerprint density at radius 2 is 1.59 bits per heavy atom. The molecule has 5 fully saturated rings. The number of β-amino-alcohol motifs (C(OH)–C–C–N with tert-alkyl or cyclic N) is 1. The summed E-state index contributed by atoms with van der Waals surface area (Å²) in [5, 5.41) is 29.4. The molecule has 0 radical (unpaired) electrons. The van der Waals surface area contributed by atoms with Gasteiger partial charge in [0.05, 0.1) is 45.2 Å². The number of aliphatic hydroxyl groups is 1. The molecule has 1 aromatic heterocycles. The van der Waals surface area contributed by atoms with Crippen molar-refractivity contribution < 1.29 is 38.2 Å². The second kappa shape index (κ2) is 23.2. The summed E-state index contributed by atoms with van der Waals surface area (Å²) in [7, 11) is 0. The fourth-order valence-corrected chi connectivity index (χ4v) is 13.6. The molecule has 4 aromatic rings. The summed E-state index contributed by atoms with van der Waals surface area (Å²) in [4.78, 5) is 80.4. The molecule has 4 unspecified atom stereocenters. The molecule has 0 bridgehead atoms. The van der Waals surface area contributed by atoms with Crippen molar-refractivity contribution in [3.05, 3.63) is 105 Å². The highest BCUT2D eigenvalue weighted by Crippen LogP contribution is 2.56. The molecule has 4 heterocycles. The van der Waals surface area contributed by atoms with Crippen LogP contribution >= 0.6 is 22.9 Å². The number of aromatic nitrogens is 1. The van der Waals surface area contributed by atoms with E-state index in [2.05, 4.69) is 71.4 Å². The van der Waals surface area contributed by atoms with Crippen LogP contribution in [0.4, 0.5) is 4.39 Å². The number of carbonyl (C=O) groups excluding carboxylic acids is 5. The molecule has 3 aliphatic heterocycles. The lowest BCUT2D eigenvalue weighted by atomic mass is 9.49. The first-order valence-corrected chi connectivity index (χ1v) is 29.2. The van der Waals surface area contributed by atoms with Gasteiger partial charge in [-0.05, 0) is 111 Å². The average molecular weight is 1130 g/mol. The van der Waals surface area contributed by atoms with Gasteiger partial charge in [0.15, 0.2) is 5.67 Å². The normalized spacial score (nSPS) is 23.3. The summed E-state index contributed by atoms with van der Waals surface area (Å²) >= 11 is 7.80. The molecule has 15 nitrogen and oxygen atoms in total. The van der Waals surface area contributed by atoms with Crippen molar-refractivity contribution >= 4 is 52.5 Å². The van der Waals surface area contributed by atoms with E-state index in [1.54, 1.807) is 44.5 Å². The summed E-state index contributed by atoms with van der Waals surface area (Å²) in [6, 6.07) is 19.4. The third-order valence-corrected chi connectivity index (χ3v) is 18.5. The van der Waals surface area contributed by atoms with E-state index in [1.165, 1.54) is 16.2 Å². The maximum Gasteiger partial charge on any atom is 0.258 e. The first-order valence-electron chi connectivity index (χ1n) is 28.0. The monoisotopic (exact) mass is 1130 g/mol. The Balaban J connectivity index is 0.771. The van der Waals surface area contributed by atoms with Crippen LogP contribution in [0, 0.1) is 52.3 Å². The first-order chi connectivity index (χ1) is 37.9. The van der Waals surface area contributed by atoms with Crippen LogP contribution in [0.25, 0.3) is 10.4 Å². The molecule has 80 heavy (non-hydrogen) atoms. The smallest absolute Gasteiger partial charge is 0.258 e. The number of nitrogens with one attached hydrogen (secondary N) is 3. The molecule has 5 amide bonds. The van der Waals surface area contributed by atoms with Crippen molar-refractivity contribution in [2.24, 2.45) is 22.2 Å². The van der Waals surface area contributed by atoms with Gasteiger partial charge in [-0.1, -0.05) is 96.2 Å². The van der Waals surface area contributed by atoms with Crippen molar-refractivity contribution in [1.29, 1.82) is 5.26 Å². The van der Waals surface area contributed by atoms with Crippen LogP contribution < -0.4 is 20.7 Å². The molecular weight excluding hydrogens is 1060 g/mol. The van der Waals surface area contributed by atoms with Gasteiger partial charge < -0.3 is 40.5 Å². The summed E-state index contributed by atoms with van der Waals surface area (Å²) < 4.78 is 21.2. The van der Waals surface area contributed by atoms with E-state index in [-0.39, 0.29) is 72.9 Å². The predicted molar refractivity (Wildman–Crippen MR) is 305 cm³/mol. The van der Waals surface area contributed by atoms with Gasteiger partial charge in [0.1, 0.15) is 30.0 Å². The zero-order valence-electron chi connectivity index (χ0n) is 47.0. The summed E-state index contributed by atoms with van der Waals surface area (Å²) in [6.07, 6.45) is 2.37. The van der Waals surface area contributed by atoms with Crippen molar-refractivity contribution in [2.45, 2.75) is 155 Å². The first kappa shape index (κ1) is 58.3. The number of thiazole rings is 1. The number of amides is 5. The quantitative estimate of drug-likeness (QED) is 0.0888. The van der Waals surface area contributed by atoms with Crippen LogP contribution in [0.5, 0.6) is 5.75 Å². The molecule has 5 aliphatic rings. The number of halogens is 2. The Kier molecular flexibility index (Phi) is 16.9. The zero-order valence-corrected chi connectivity index (χ0v) is 48.6. The fourth-order valence-electron chi connectivity index (χ4n) is 12.6. The minimum atomic E-state index is -2.01. The third-order valence-electron chi connectivity index (χ3n) is 17.2. The average Bonchev–Trinajstić information content (AvgIpc) is 3.84. The second-order valence-electron chi connectivity index (χ2n) is 24.9. The summed E-state index contributed by atoms with van der Waals surface area (Å²) in [5.74, 6) is 5.42. The second-order valence-corrected chi connectivity index (χ2v) is 26.1. The van der Waals surface area contributed by atoms with Crippen molar-refractivity contribution in [3.8, 4) is 34.1 Å². The number of alkyl halides is 1. The standard InChI is InChI=1S/C62H74ClFN8O7S/c1-37-51(80-36-66-37)41-17-15-40(16-18-41)48(67-54(76)49-31-45(73)35-72(49)55(77)52(59(2,3)4)68-58(78)62(64)25-26-62)33-50(74)71-29-23-44(24-30-71)70-27-21-39(22-28-70)10-9-38-11-13-42(14-12-38)53(75)69-56-60(5,6)57(61(56,7)8)79-46-20-19-43(34-65)47(63)32-46/h11-20,32,36,39,44-45,48-49,52,56-57,73H,21-31,33,35H2,1-8H3,(H,67,76)(H,68,78)(H,69,75). The molecule has 3 aromatic carbocycles. The highest BCUT2D eigenvalue weighted by Gasteiger charge is 2.64. The number of hydrogen-bond donors (Lipinski definition) is 4. The van der Waals surface area contributed by atoms with Gasteiger partial charge in [-0.25, -0.2) is 9.37 Å². The van der Waals surface area contributed by atoms with Crippen LogP contribution in [0.1, 0.15) is 139 Å². The Morgan fingerprint density at radius 1 is 0.925 bits per heavy atom. The fraction of sp³-hybridized carbons (Fsp3) is 0.532. The van der Waals surface area contributed by atoms with E-state index in [1.807, 2.05) is 60.4 Å². The lowest BCUT2D eigenvalue weighted by Crippen LogP contribution is -2.74.